The molecule has 144 valence electrons. The van der Waals surface area contributed by atoms with Crippen molar-refractivity contribution in [3.05, 3.63) is 42.2 Å². The van der Waals surface area contributed by atoms with E-state index in [9.17, 15) is 30.7 Å². The second kappa shape index (κ2) is 6.35. The van der Waals surface area contributed by atoms with Crippen molar-refractivity contribution in [2.75, 3.05) is 0 Å². The van der Waals surface area contributed by atoms with Crippen LogP contribution in [-0.2, 0) is 6.18 Å². The van der Waals surface area contributed by atoms with Gasteiger partial charge in [-0.3, -0.25) is 4.40 Å². The van der Waals surface area contributed by atoms with E-state index >= 15 is 0 Å². The molecule has 3 heterocycles. The SMILES string of the molecule is C[C@@H](Oc1ncc(-c2ccc3nnc(C(F)(F)F)n3c2)cc1F)C(F)(F)F. The molecule has 5 nitrogen and oxygen atoms in total. The Kier molecular flexibility index (Phi) is 4.44. The lowest BCUT2D eigenvalue weighted by molar-refractivity contribution is -0.190. The summed E-state index contributed by atoms with van der Waals surface area (Å²) in [4.78, 5) is 3.49. The fourth-order valence-corrected chi connectivity index (χ4v) is 2.16. The lowest BCUT2D eigenvalue weighted by Crippen LogP contribution is -2.31. The Hall–Kier alpha value is -2.92. The average Bonchev–Trinajstić information content (AvgIpc) is 2.99. The molecule has 12 heteroatoms. The molecule has 1 atom stereocenters. The van der Waals surface area contributed by atoms with Crippen LogP contribution < -0.4 is 4.74 Å². The quantitative estimate of drug-likeness (QED) is 0.623. The zero-order valence-electron chi connectivity index (χ0n) is 13.3. The number of fused-ring (bicyclic) bond motifs is 1. The molecule has 0 aliphatic rings. The highest BCUT2D eigenvalue weighted by Gasteiger charge is 2.39. The molecule has 0 N–H and O–H groups in total. The Labute approximate surface area is 146 Å². The van der Waals surface area contributed by atoms with Gasteiger partial charge in [0.2, 0.25) is 5.82 Å². The first-order chi connectivity index (χ1) is 12.5. The van der Waals surface area contributed by atoms with Crippen LogP contribution in [0.2, 0.25) is 0 Å². The number of pyridine rings is 2. The molecule has 27 heavy (non-hydrogen) atoms. The van der Waals surface area contributed by atoms with Crippen LogP contribution in [0, 0.1) is 5.82 Å². The highest BCUT2D eigenvalue weighted by molar-refractivity contribution is 5.64. The van der Waals surface area contributed by atoms with Gasteiger partial charge in [0.05, 0.1) is 0 Å². The molecule has 3 rings (SSSR count). The summed E-state index contributed by atoms with van der Waals surface area (Å²) < 4.78 is 95.3. The third-order valence-corrected chi connectivity index (χ3v) is 3.55. The molecule has 0 aliphatic heterocycles. The van der Waals surface area contributed by atoms with E-state index < -0.39 is 36.0 Å². The molecule has 0 saturated heterocycles. The maximum Gasteiger partial charge on any atom is 0.452 e. The van der Waals surface area contributed by atoms with Gasteiger partial charge in [0.15, 0.2) is 17.6 Å². The van der Waals surface area contributed by atoms with E-state index in [0.717, 1.165) is 18.5 Å². The fourth-order valence-electron chi connectivity index (χ4n) is 2.16. The van der Waals surface area contributed by atoms with Crippen LogP contribution in [0.15, 0.2) is 30.6 Å². The Bertz CT molecular complexity index is 980. The van der Waals surface area contributed by atoms with Crippen molar-refractivity contribution in [3.8, 4) is 17.0 Å². The van der Waals surface area contributed by atoms with Gasteiger partial charge in [0.25, 0.3) is 5.88 Å². The highest BCUT2D eigenvalue weighted by atomic mass is 19.4. The second-order valence-corrected chi connectivity index (χ2v) is 5.48. The summed E-state index contributed by atoms with van der Waals surface area (Å²) in [7, 11) is 0. The third-order valence-electron chi connectivity index (χ3n) is 3.55. The molecule has 0 unspecified atom stereocenters. The number of hydrogen-bond acceptors (Lipinski definition) is 4. The number of nitrogens with zero attached hydrogens (tertiary/aromatic N) is 4. The Balaban J connectivity index is 1.96. The van der Waals surface area contributed by atoms with Crippen molar-refractivity contribution in [1.82, 2.24) is 19.6 Å². The molecule has 0 amide bonds. The van der Waals surface area contributed by atoms with Crippen molar-refractivity contribution in [2.45, 2.75) is 25.4 Å². The number of rotatable bonds is 3. The van der Waals surface area contributed by atoms with Gasteiger partial charge in [-0.05, 0) is 25.1 Å². The summed E-state index contributed by atoms with van der Waals surface area (Å²) in [5, 5.41) is 6.44. The van der Waals surface area contributed by atoms with E-state index in [1.807, 2.05) is 0 Å². The number of aromatic nitrogens is 4. The molecule has 0 saturated carbocycles. The molecular weight excluding hydrogens is 385 g/mol. The van der Waals surface area contributed by atoms with Crippen LogP contribution in [0.3, 0.4) is 0 Å². The monoisotopic (exact) mass is 394 g/mol. The highest BCUT2D eigenvalue weighted by Crippen LogP contribution is 2.31. The second-order valence-electron chi connectivity index (χ2n) is 5.48. The Morgan fingerprint density at radius 2 is 1.74 bits per heavy atom. The van der Waals surface area contributed by atoms with Gasteiger partial charge in [0, 0.05) is 23.5 Å². The van der Waals surface area contributed by atoms with Crippen LogP contribution in [0.4, 0.5) is 30.7 Å². The lowest BCUT2D eigenvalue weighted by Gasteiger charge is -2.17. The summed E-state index contributed by atoms with van der Waals surface area (Å²) in [6.45, 7) is 0.688. The van der Waals surface area contributed by atoms with Crippen LogP contribution in [0.1, 0.15) is 12.7 Å². The topological polar surface area (TPSA) is 52.3 Å². The molecule has 3 aromatic rings. The van der Waals surface area contributed by atoms with Crippen LogP contribution in [-0.4, -0.2) is 31.9 Å². The Morgan fingerprint density at radius 3 is 2.33 bits per heavy atom. The molecule has 0 radical (unpaired) electrons. The van der Waals surface area contributed by atoms with Crippen molar-refractivity contribution in [3.63, 3.8) is 0 Å². The maximum atomic E-state index is 14.0. The molecule has 3 aromatic heterocycles. The van der Waals surface area contributed by atoms with Gasteiger partial charge in [-0.25, -0.2) is 9.37 Å². The van der Waals surface area contributed by atoms with E-state index in [-0.39, 0.29) is 16.8 Å². The largest absolute Gasteiger partial charge is 0.463 e. The van der Waals surface area contributed by atoms with Gasteiger partial charge in [-0.2, -0.15) is 26.3 Å². The molecule has 0 aliphatic carbocycles. The summed E-state index contributed by atoms with van der Waals surface area (Å²) in [6.07, 6.45) is -9.74. The Morgan fingerprint density at radius 1 is 1.04 bits per heavy atom. The van der Waals surface area contributed by atoms with E-state index in [4.69, 9.17) is 0 Å². The smallest absolute Gasteiger partial charge is 0.452 e. The first-order valence-corrected chi connectivity index (χ1v) is 7.28. The minimum absolute atomic E-state index is 0.0308. The summed E-state index contributed by atoms with van der Waals surface area (Å²) >= 11 is 0. The number of ether oxygens (including phenoxy) is 1. The van der Waals surface area contributed by atoms with E-state index in [0.29, 0.717) is 11.3 Å². The standard InChI is InChI=1S/C15H9F7N4O/c1-7(14(17,18)19)27-12-10(16)4-9(5-23-12)8-2-3-11-24-25-13(15(20,21)22)26(11)6-8/h2-7H,1H3/t7-/m1/s1. The van der Waals surface area contributed by atoms with E-state index in [2.05, 4.69) is 19.9 Å². The van der Waals surface area contributed by atoms with E-state index in [1.54, 1.807) is 0 Å². The molecule has 0 bridgehead atoms. The molecule has 0 aromatic carbocycles. The molecular formula is C15H9F7N4O. The van der Waals surface area contributed by atoms with E-state index in [1.165, 1.54) is 12.1 Å². The average molecular weight is 394 g/mol. The molecule has 0 fully saturated rings. The summed E-state index contributed by atoms with van der Waals surface area (Å²) in [5.41, 5.74) is 0.0660. The zero-order valence-corrected chi connectivity index (χ0v) is 13.3. The first kappa shape index (κ1) is 18.9. The zero-order chi connectivity index (χ0) is 20.0. The van der Waals surface area contributed by atoms with Crippen molar-refractivity contribution in [2.24, 2.45) is 0 Å². The van der Waals surface area contributed by atoms with Crippen molar-refractivity contribution >= 4 is 5.65 Å². The van der Waals surface area contributed by atoms with Crippen LogP contribution >= 0.6 is 0 Å². The summed E-state index contributed by atoms with van der Waals surface area (Å²) in [5.74, 6) is -3.33. The van der Waals surface area contributed by atoms with Gasteiger partial charge in [-0.15, -0.1) is 10.2 Å². The minimum atomic E-state index is -4.76. The van der Waals surface area contributed by atoms with Gasteiger partial charge >= 0.3 is 12.4 Å². The van der Waals surface area contributed by atoms with Gasteiger partial charge in [0.1, 0.15) is 0 Å². The molecule has 0 spiro atoms. The van der Waals surface area contributed by atoms with Crippen molar-refractivity contribution in [1.29, 1.82) is 0 Å². The van der Waals surface area contributed by atoms with Crippen molar-refractivity contribution < 1.29 is 35.5 Å². The fraction of sp³-hybridized carbons (Fsp3) is 0.267. The minimum Gasteiger partial charge on any atom is -0.463 e. The van der Waals surface area contributed by atoms with Gasteiger partial charge < -0.3 is 4.74 Å². The maximum absolute atomic E-state index is 14.0. The number of halogens is 7. The normalized spacial score (nSPS) is 13.8. The summed E-state index contributed by atoms with van der Waals surface area (Å²) in [6, 6.07) is 3.38. The van der Waals surface area contributed by atoms with Crippen LogP contribution in [0.25, 0.3) is 16.8 Å². The first-order valence-electron chi connectivity index (χ1n) is 7.28. The third kappa shape index (κ3) is 3.78. The van der Waals surface area contributed by atoms with Gasteiger partial charge in [-0.1, -0.05) is 0 Å². The predicted molar refractivity (Wildman–Crippen MR) is 77.3 cm³/mol. The predicted octanol–water partition coefficient (Wildman–Crippen LogP) is 4.28. The van der Waals surface area contributed by atoms with Crippen LogP contribution in [0.5, 0.6) is 5.88 Å². The number of hydrogen-bond donors (Lipinski definition) is 0. The number of alkyl halides is 6. The lowest BCUT2D eigenvalue weighted by atomic mass is 10.1.